The van der Waals surface area contributed by atoms with E-state index in [1.165, 1.54) is 0 Å². The molecule has 0 spiro atoms. The molecule has 5 heteroatoms. The number of thiophene rings is 1. The molecule has 0 N–H and O–H groups in total. The SMILES string of the molecule is O=c1c2sc3ccccc3c2nc2n1CCCS2. The quantitative estimate of drug-likeness (QED) is 0.591. The molecule has 0 fully saturated rings. The first-order chi connectivity index (χ1) is 8.84. The predicted molar refractivity (Wildman–Crippen MR) is 76.7 cm³/mol. The van der Waals surface area contributed by atoms with Crippen molar-refractivity contribution in [1.82, 2.24) is 9.55 Å². The summed E-state index contributed by atoms with van der Waals surface area (Å²) in [5.74, 6) is 1.06. The van der Waals surface area contributed by atoms with Crippen LogP contribution in [0.2, 0.25) is 0 Å². The van der Waals surface area contributed by atoms with Gasteiger partial charge in [-0.1, -0.05) is 30.0 Å². The Morgan fingerprint density at radius 2 is 2.17 bits per heavy atom. The molecule has 4 rings (SSSR count). The Hall–Kier alpha value is -1.33. The van der Waals surface area contributed by atoms with E-state index in [4.69, 9.17) is 4.98 Å². The van der Waals surface area contributed by atoms with E-state index in [9.17, 15) is 4.79 Å². The lowest BCUT2D eigenvalue weighted by molar-refractivity contribution is 0.572. The van der Waals surface area contributed by atoms with Gasteiger partial charge in [-0.3, -0.25) is 9.36 Å². The normalized spacial score (nSPS) is 15.1. The second-order valence-electron chi connectivity index (χ2n) is 4.33. The summed E-state index contributed by atoms with van der Waals surface area (Å²) in [5, 5.41) is 1.98. The van der Waals surface area contributed by atoms with Crippen LogP contribution in [0, 0.1) is 0 Å². The van der Waals surface area contributed by atoms with Crippen LogP contribution in [0.15, 0.2) is 34.2 Å². The molecule has 0 saturated carbocycles. The van der Waals surface area contributed by atoms with Crippen molar-refractivity contribution in [1.29, 1.82) is 0 Å². The molecule has 1 aliphatic rings. The van der Waals surface area contributed by atoms with E-state index in [1.54, 1.807) is 23.1 Å². The monoisotopic (exact) mass is 274 g/mol. The molecule has 3 aromatic rings. The lowest BCUT2D eigenvalue weighted by atomic mass is 10.2. The van der Waals surface area contributed by atoms with Gasteiger partial charge in [0.15, 0.2) is 5.16 Å². The largest absolute Gasteiger partial charge is 0.286 e. The number of aromatic nitrogens is 2. The second kappa shape index (κ2) is 3.83. The van der Waals surface area contributed by atoms with E-state index >= 15 is 0 Å². The van der Waals surface area contributed by atoms with Crippen molar-refractivity contribution in [2.24, 2.45) is 0 Å². The Kier molecular flexibility index (Phi) is 2.25. The van der Waals surface area contributed by atoms with Crippen LogP contribution in [0.3, 0.4) is 0 Å². The Bertz CT molecular complexity index is 819. The van der Waals surface area contributed by atoms with Gasteiger partial charge in [-0.15, -0.1) is 11.3 Å². The maximum atomic E-state index is 12.5. The third kappa shape index (κ3) is 1.37. The molecule has 1 aliphatic heterocycles. The number of fused-ring (bicyclic) bond motifs is 4. The summed E-state index contributed by atoms with van der Waals surface area (Å²) in [4.78, 5) is 17.2. The molecule has 3 heterocycles. The maximum absolute atomic E-state index is 12.5. The van der Waals surface area contributed by atoms with Crippen LogP contribution in [0.5, 0.6) is 0 Å². The Morgan fingerprint density at radius 3 is 3.11 bits per heavy atom. The molecule has 0 bridgehead atoms. The summed E-state index contributed by atoms with van der Waals surface area (Å²) in [5.41, 5.74) is 1.00. The topological polar surface area (TPSA) is 34.9 Å². The highest BCUT2D eigenvalue weighted by Crippen LogP contribution is 2.32. The number of rotatable bonds is 0. The molecule has 0 unspecified atom stereocenters. The van der Waals surface area contributed by atoms with Crippen molar-refractivity contribution < 1.29 is 0 Å². The molecule has 0 amide bonds. The molecular formula is C13H10N2OS2. The van der Waals surface area contributed by atoms with Gasteiger partial charge < -0.3 is 0 Å². The highest BCUT2D eigenvalue weighted by atomic mass is 32.2. The molecule has 2 aromatic heterocycles. The Morgan fingerprint density at radius 1 is 1.28 bits per heavy atom. The Labute approximate surface area is 111 Å². The fourth-order valence-electron chi connectivity index (χ4n) is 2.35. The van der Waals surface area contributed by atoms with Crippen LogP contribution in [-0.4, -0.2) is 15.3 Å². The standard InChI is InChI=1S/C13H10N2OS2/c16-12-11-10(8-4-1-2-5-9(8)18-11)14-13-15(12)6-3-7-17-13/h1-2,4-5H,3,6-7H2. The molecule has 0 saturated heterocycles. The molecule has 1 aromatic carbocycles. The summed E-state index contributed by atoms with van der Waals surface area (Å²) >= 11 is 3.24. The molecule has 0 atom stereocenters. The van der Waals surface area contributed by atoms with Crippen LogP contribution in [-0.2, 0) is 6.54 Å². The predicted octanol–water partition coefficient (Wildman–Crippen LogP) is 3.11. The molecule has 0 radical (unpaired) electrons. The summed E-state index contributed by atoms with van der Waals surface area (Å²) in [6, 6.07) is 8.10. The van der Waals surface area contributed by atoms with Crippen LogP contribution >= 0.6 is 23.1 Å². The van der Waals surface area contributed by atoms with E-state index in [-0.39, 0.29) is 5.56 Å². The van der Waals surface area contributed by atoms with Crippen LogP contribution in [0.25, 0.3) is 20.3 Å². The summed E-state index contributed by atoms with van der Waals surface area (Å²) in [6.45, 7) is 0.804. The van der Waals surface area contributed by atoms with Gasteiger partial charge in [0.25, 0.3) is 5.56 Å². The Balaban J connectivity index is 2.21. The second-order valence-corrected chi connectivity index (χ2v) is 6.44. The first kappa shape index (κ1) is 10.6. The van der Waals surface area contributed by atoms with Gasteiger partial charge in [0.1, 0.15) is 4.70 Å². The average molecular weight is 274 g/mol. The van der Waals surface area contributed by atoms with Gasteiger partial charge in [-0.05, 0) is 12.5 Å². The number of benzene rings is 1. The van der Waals surface area contributed by atoms with E-state index in [0.29, 0.717) is 0 Å². The minimum Gasteiger partial charge on any atom is -0.286 e. The van der Waals surface area contributed by atoms with Crippen molar-refractivity contribution in [2.75, 3.05) is 5.75 Å². The third-order valence-electron chi connectivity index (χ3n) is 3.20. The first-order valence-electron chi connectivity index (χ1n) is 5.89. The molecule has 0 aliphatic carbocycles. The zero-order chi connectivity index (χ0) is 12.1. The zero-order valence-electron chi connectivity index (χ0n) is 9.55. The van der Waals surface area contributed by atoms with Gasteiger partial charge in [0, 0.05) is 22.4 Å². The van der Waals surface area contributed by atoms with Gasteiger partial charge in [0.2, 0.25) is 0 Å². The van der Waals surface area contributed by atoms with Crippen molar-refractivity contribution >= 4 is 43.4 Å². The number of hydrogen-bond acceptors (Lipinski definition) is 4. The van der Waals surface area contributed by atoms with Gasteiger partial charge in [-0.25, -0.2) is 4.98 Å². The maximum Gasteiger partial charge on any atom is 0.272 e. The smallest absolute Gasteiger partial charge is 0.272 e. The zero-order valence-corrected chi connectivity index (χ0v) is 11.2. The van der Waals surface area contributed by atoms with Gasteiger partial charge >= 0.3 is 0 Å². The van der Waals surface area contributed by atoms with E-state index in [1.807, 2.05) is 22.8 Å². The minimum absolute atomic E-state index is 0.128. The van der Waals surface area contributed by atoms with Gasteiger partial charge in [0.05, 0.1) is 5.52 Å². The fourth-order valence-corrected chi connectivity index (χ4v) is 4.38. The summed E-state index contributed by atoms with van der Waals surface area (Å²) in [6.07, 6.45) is 1.05. The highest BCUT2D eigenvalue weighted by molar-refractivity contribution is 7.99. The molecule has 90 valence electrons. The lowest BCUT2D eigenvalue weighted by Gasteiger charge is -2.15. The first-order valence-corrected chi connectivity index (χ1v) is 7.70. The third-order valence-corrected chi connectivity index (χ3v) is 5.41. The molecule has 3 nitrogen and oxygen atoms in total. The van der Waals surface area contributed by atoms with Gasteiger partial charge in [-0.2, -0.15) is 0 Å². The van der Waals surface area contributed by atoms with Crippen molar-refractivity contribution in [2.45, 2.75) is 18.1 Å². The summed E-state index contributed by atoms with van der Waals surface area (Å²) in [7, 11) is 0. The van der Waals surface area contributed by atoms with E-state index in [0.717, 1.165) is 44.2 Å². The fraction of sp³-hybridized carbons (Fsp3) is 0.231. The van der Waals surface area contributed by atoms with E-state index < -0.39 is 0 Å². The number of thioether (sulfide) groups is 1. The van der Waals surface area contributed by atoms with Crippen LogP contribution in [0.1, 0.15) is 6.42 Å². The minimum atomic E-state index is 0.128. The van der Waals surface area contributed by atoms with Crippen LogP contribution in [0.4, 0.5) is 0 Å². The van der Waals surface area contributed by atoms with Crippen molar-refractivity contribution in [3.8, 4) is 0 Å². The number of nitrogens with zero attached hydrogens (tertiary/aromatic N) is 2. The molecular weight excluding hydrogens is 264 g/mol. The van der Waals surface area contributed by atoms with Crippen LogP contribution < -0.4 is 5.56 Å². The number of hydrogen-bond donors (Lipinski definition) is 0. The average Bonchev–Trinajstić information content (AvgIpc) is 2.79. The molecule has 18 heavy (non-hydrogen) atoms. The van der Waals surface area contributed by atoms with Crippen molar-refractivity contribution in [3.05, 3.63) is 34.6 Å². The lowest BCUT2D eigenvalue weighted by Crippen LogP contribution is -2.25. The van der Waals surface area contributed by atoms with E-state index in [2.05, 4.69) is 6.07 Å². The van der Waals surface area contributed by atoms with Crippen molar-refractivity contribution in [3.63, 3.8) is 0 Å². The summed E-state index contributed by atoms with van der Waals surface area (Å²) < 4.78 is 3.76. The highest BCUT2D eigenvalue weighted by Gasteiger charge is 2.18.